The summed E-state index contributed by atoms with van der Waals surface area (Å²) >= 11 is 0. The van der Waals surface area contributed by atoms with E-state index < -0.39 is 5.91 Å². The van der Waals surface area contributed by atoms with Gasteiger partial charge < -0.3 is 19.6 Å². The number of primary amides is 1. The molecule has 0 saturated carbocycles. The third kappa shape index (κ3) is 4.99. The maximum absolute atomic E-state index is 13.0. The lowest BCUT2D eigenvalue weighted by molar-refractivity contribution is 0.0377. The summed E-state index contributed by atoms with van der Waals surface area (Å²) in [5.74, 6) is -0.402. The molecule has 1 heterocycles. The average Bonchev–Trinajstić information content (AvgIpc) is 2.83. The van der Waals surface area contributed by atoms with Crippen LogP contribution in [0.15, 0.2) is 82.2 Å². The first-order valence-electron chi connectivity index (χ1n) is 10.7. The van der Waals surface area contributed by atoms with Gasteiger partial charge in [0.1, 0.15) is 24.2 Å². The number of esters is 1. The summed E-state index contributed by atoms with van der Waals surface area (Å²) in [6.07, 6.45) is 1.19. The number of rotatable bonds is 7. The van der Waals surface area contributed by atoms with E-state index in [0.717, 1.165) is 5.56 Å². The third-order valence-corrected chi connectivity index (χ3v) is 5.14. The van der Waals surface area contributed by atoms with Gasteiger partial charge in [0, 0.05) is 11.6 Å². The second kappa shape index (κ2) is 9.62. The van der Waals surface area contributed by atoms with Gasteiger partial charge in [0.05, 0.1) is 22.6 Å². The standard InChI is InChI=1S/C27H23NO6/c1-16(2)34-27(31)20-5-3-4-17(12-20)14-32-21-10-11-22-24(13-21)33-15-23(25(22)29)18-6-8-19(9-7-18)26(28)30/h3-13,15-16H,14H2,1-2H3,(H2,28,30). The second-order valence-corrected chi connectivity index (χ2v) is 8.02. The predicted octanol–water partition coefficient (Wildman–Crippen LogP) is 4.70. The molecule has 4 rings (SSSR count). The van der Waals surface area contributed by atoms with Crippen molar-refractivity contribution in [2.45, 2.75) is 26.6 Å². The molecule has 7 nitrogen and oxygen atoms in total. The molecule has 0 atom stereocenters. The van der Waals surface area contributed by atoms with Gasteiger partial charge in [0.2, 0.25) is 5.91 Å². The van der Waals surface area contributed by atoms with Crippen LogP contribution in [0.3, 0.4) is 0 Å². The summed E-state index contributed by atoms with van der Waals surface area (Å²) < 4.78 is 16.8. The zero-order chi connectivity index (χ0) is 24.2. The van der Waals surface area contributed by atoms with Crippen molar-refractivity contribution in [2.24, 2.45) is 5.73 Å². The lowest BCUT2D eigenvalue weighted by Gasteiger charge is -2.10. The number of nitrogens with two attached hydrogens (primary N) is 1. The number of benzene rings is 3. The topological polar surface area (TPSA) is 109 Å². The van der Waals surface area contributed by atoms with Gasteiger partial charge in [0.15, 0.2) is 5.43 Å². The van der Waals surface area contributed by atoms with Crippen LogP contribution in [-0.2, 0) is 11.3 Å². The van der Waals surface area contributed by atoms with Gasteiger partial charge in [-0.15, -0.1) is 0 Å². The number of hydrogen-bond donors (Lipinski definition) is 1. The van der Waals surface area contributed by atoms with Crippen molar-refractivity contribution >= 4 is 22.8 Å². The molecule has 0 bridgehead atoms. The minimum atomic E-state index is -0.535. The molecule has 3 aromatic carbocycles. The zero-order valence-electron chi connectivity index (χ0n) is 18.7. The van der Waals surface area contributed by atoms with Gasteiger partial charge in [-0.2, -0.15) is 0 Å². The molecule has 2 N–H and O–H groups in total. The molecular weight excluding hydrogens is 434 g/mol. The van der Waals surface area contributed by atoms with E-state index in [2.05, 4.69) is 0 Å². The maximum atomic E-state index is 13.0. The summed E-state index contributed by atoms with van der Waals surface area (Å²) in [5, 5.41) is 0.405. The van der Waals surface area contributed by atoms with Crippen LogP contribution in [-0.4, -0.2) is 18.0 Å². The van der Waals surface area contributed by atoms with E-state index in [0.29, 0.717) is 39.0 Å². The third-order valence-electron chi connectivity index (χ3n) is 5.14. The Hall–Kier alpha value is -4.39. The van der Waals surface area contributed by atoms with Gasteiger partial charge in [0.25, 0.3) is 0 Å². The summed E-state index contributed by atoms with van der Waals surface area (Å²) in [6, 6.07) is 18.5. The Balaban J connectivity index is 1.52. The van der Waals surface area contributed by atoms with Gasteiger partial charge >= 0.3 is 5.97 Å². The summed E-state index contributed by atoms with van der Waals surface area (Å²) in [7, 11) is 0. The van der Waals surface area contributed by atoms with E-state index in [9.17, 15) is 14.4 Å². The lowest BCUT2D eigenvalue weighted by Crippen LogP contribution is -2.12. The van der Waals surface area contributed by atoms with Crippen LogP contribution >= 0.6 is 0 Å². The first-order chi connectivity index (χ1) is 16.3. The first-order valence-corrected chi connectivity index (χ1v) is 10.7. The fourth-order valence-electron chi connectivity index (χ4n) is 3.45. The van der Waals surface area contributed by atoms with Crippen LogP contribution in [0.5, 0.6) is 5.75 Å². The Kier molecular flexibility index (Phi) is 6.45. The number of fused-ring (bicyclic) bond motifs is 1. The molecule has 0 saturated heterocycles. The van der Waals surface area contributed by atoms with Crippen molar-refractivity contribution < 1.29 is 23.5 Å². The van der Waals surface area contributed by atoms with Gasteiger partial charge in [-0.25, -0.2) is 4.79 Å². The van der Waals surface area contributed by atoms with Crippen molar-refractivity contribution in [3.8, 4) is 16.9 Å². The van der Waals surface area contributed by atoms with Crippen molar-refractivity contribution in [3.63, 3.8) is 0 Å². The van der Waals surface area contributed by atoms with Gasteiger partial charge in [-0.1, -0.05) is 24.3 Å². The predicted molar refractivity (Wildman–Crippen MR) is 128 cm³/mol. The SMILES string of the molecule is CC(C)OC(=O)c1cccc(COc2ccc3c(=O)c(-c4ccc(C(N)=O)cc4)coc3c2)c1. The van der Waals surface area contributed by atoms with Gasteiger partial charge in [-0.05, 0) is 61.4 Å². The molecular formula is C27H23NO6. The highest BCUT2D eigenvalue weighted by Gasteiger charge is 2.12. The largest absolute Gasteiger partial charge is 0.489 e. The smallest absolute Gasteiger partial charge is 0.338 e. The van der Waals surface area contributed by atoms with E-state index in [4.69, 9.17) is 19.6 Å². The Morgan fingerprint density at radius 2 is 1.74 bits per heavy atom. The second-order valence-electron chi connectivity index (χ2n) is 8.02. The molecule has 0 fully saturated rings. The van der Waals surface area contributed by atoms with E-state index in [-0.39, 0.29) is 24.1 Å². The molecule has 34 heavy (non-hydrogen) atoms. The normalized spacial score (nSPS) is 10.9. The summed E-state index contributed by atoms with van der Waals surface area (Å²) in [5.41, 5.74) is 8.07. The number of carbonyl (C=O) groups excluding carboxylic acids is 2. The van der Waals surface area contributed by atoms with Crippen LogP contribution in [0.4, 0.5) is 0 Å². The molecule has 0 unspecified atom stereocenters. The highest BCUT2D eigenvalue weighted by atomic mass is 16.5. The van der Waals surface area contributed by atoms with E-state index >= 15 is 0 Å². The molecule has 1 aromatic heterocycles. The molecule has 0 aliphatic heterocycles. The molecule has 0 aliphatic carbocycles. The Morgan fingerprint density at radius 1 is 0.971 bits per heavy atom. The van der Waals surface area contributed by atoms with E-state index in [1.165, 1.54) is 6.26 Å². The highest BCUT2D eigenvalue weighted by molar-refractivity contribution is 5.93. The lowest BCUT2D eigenvalue weighted by atomic mass is 10.0. The Morgan fingerprint density at radius 3 is 2.44 bits per heavy atom. The van der Waals surface area contributed by atoms with Crippen molar-refractivity contribution in [3.05, 3.63) is 99.9 Å². The summed E-state index contributed by atoms with van der Waals surface area (Å²) in [6.45, 7) is 3.82. The number of ether oxygens (including phenoxy) is 2. The van der Waals surface area contributed by atoms with Crippen LogP contribution in [0, 0.1) is 0 Å². The highest BCUT2D eigenvalue weighted by Crippen LogP contribution is 2.24. The molecule has 7 heteroatoms. The first kappa shape index (κ1) is 22.8. The van der Waals surface area contributed by atoms with E-state index in [1.807, 2.05) is 6.07 Å². The molecule has 172 valence electrons. The number of carbonyl (C=O) groups is 2. The quantitative estimate of drug-likeness (QED) is 0.403. The molecule has 0 aliphatic rings. The average molecular weight is 457 g/mol. The minimum absolute atomic E-state index is 0.198. The minimum Gasteiger partial charge on any atom is -0.489 e. The van der Waals surface area contributed by atoms with E-state index in [1.54, 1.807) is 74.5 Å². The molecule has 0 spiro atoms. The number of hydrogen-bond acceptors (Lipinski definition) is 6. The molecule has 1 amide bonds. The molecule has 0 radical (unpaired) electrons. The fourth-order valence-corrected chi connectivity index (χ4v) is 3.45. The van der Waals surface area contributed by atoms with Gasteiger partial charge in [-0.3, -0.25) is 9.59 Å². The van der Waals surface area contributed by atoms with Crippen molar-refractivity contribution in [1.82, 2.24) is 0 Å². The van der Waals surface area contributed by atoms with Crippen molar-refractivity contribution in [1.29, 1.82) is 0 Å². The zero-order valence-corrected chi connectivity index (χ0v) is 18.7. The van der Waals surface area contributed by atoms with Crippen molar-refractivity contribution in [2.75, 3.05) is 0 Å². The van der Waals surface area contributed by atoms with Crippen LogP contribution in [0.25, 0.3) is 22.1 Å². The Bertz CT molecular complexity index is 1420. The van der Waals surface area contributed by atoms with Crippen LogP contribution in [0.1, 0.15) is 40.1 Å². The molecule has 4 aromatic rings. The fraction of sp³-hybridized carbons (Fsp3) is 0.148. The maximum Gasteiger partial charge on any atom is 0.338 e. The number of amides is 1. The van der Waals surface area contributed by atoms with Crippen LogP contribution < -0.4 is 15.9 Å². The monoisotopic (exact) mass is 457 g/mol. The summed E-state index contributed by atoms with van der Waals surface area (Å²) in [4.78, 5) is 36.4. The van der Waals surface area contributed by atoms with Crippen LogP contribution in [0.2, 0.25) is 0 Å². The Labute approximate surface area is 195 Å².